The van der Waals surface area contributed by atoms with Gasteiger partial charge in [0.05, 0.1) is 19.3 Å². The minimum Gasteiger partial charge on any atom is -0.376 e. The monoisotopic (exact) mass is 222 g/mol. The summed E-state index contributed by atoms with van der Waals surface area (Å²) in [6.45, 7) is 1.89. The van der Waals surface area contributed by atoms with E-state index in [1.165, 1.54) is 0 Å². The maximum Gasteiger partial charge on any atom is 0.140 e. The Balaban J connectivity index is 2.21. The van der Waals surface area contributed by atoms with Crippen LogP contribution in [0, 0.1) is 11.3 Å². The van der Waals surface area contributed by atoms with E-state index < -0.39 is 0 Å². The van der Waals surface area contributed by atoms with Gasteiger partial charge in [0.1, 0.15) is 6.04 Å². The van der Waals surface area contributed by atoms with Crippen LogP contribution in [0.25, 0.3) is 0 Å². The number of hydrogen-bond donors (Lipinski definition) is 0. The van der Waals surface area contributed by atoms with E-state index in [1.807, 2.05) is 29.2 Å². The zero-order chi connectivity index (χ0) is 10.7. The lowest BCUT2D eigenvalue weighted by Gasteiger charge is -2.33. The van der Waals surface area contributed by atoms with Gasteiger partial charge in [0.25, 0.3) is 0 Å². The number of ether oxygens (including phenoxy) is 1. The molecular formula is C11H11ClN2O. The van der Waals surface area contributed by atoms with Crippen molar-refractivity contribution >= 4 is 17.3 Å². The number of anilines is 1. The maximum absolute atomic E-state index is 8.98. The molecule has 0 saturated carbocycles. The lowest BCUT2D eigenvalue weighted by atomic mass is 10.2. The van der Waals surface area contributed by atoms with E-state index in [1.54, 1.807) is 0 Å². The van der Waals surface area contributed by atoms with Crippen LogP contribution in [0.3, 0.4) is 0 Å². The fourth-order valence-corrected chi connectivity index (χ4v) is 1.78. The van der Waals surface area contributed by atoms with Gasteiger partial charge in [-0.15, -0.1) is 0 Å². The van der Waals surface area contributed by atoms with Gasteiger partial charge in [-0.05, 0) is 24.3 Å². The Hall–Kier alpha value is -1.24. The Morgan fingerprint density at radius 3 is 2.80 bits per heavy atom. The number of nitriles is 1. The Kier molecular flexibility index (Phi) is 3.10. The fourth-order valence-electron chi connectivity index (χ4n) is 1.65. The van der Waals surface area contributed by atoms with E-state index in [9.17, 15) is 0 Å². The van der Waals surface area contributed by atoms with Gasteiger partial charge >= 0.3 is 0 Å². The van der Waals surface area contributed by atoms with E-state index >= 15 is 0 Å². The van der Waals surface area contributed by atoms with E-state index in [4.69, 9.17) is 21.6 Å². The van der Waals surface area contributed by atoms with Crippen LogP contribution in [0.5, 0.6) is 0 Å². The van der Waals surface area contributed by atoms with Gasteiger partial charge in [-0.2, -0.15) is 5.26 Å². The summed E-state index contributed by atoms with van der Waals surface area (Å²) in [5, 5.41) is 9.69. The van der Waals surface area contributed by atoms with E-state index in [0.29, 0.717) is 18.2 Å². The molecule has 3 nitrogen and oxygen atoms in total. The second kappa shape index (κ2) is 4.52. The first-order chi connectivity index (χ1) is 7.31. The van der Waals surface area contributed by atoms with Crippen molar-refractivity contribution in [3.63, 3.8) is 0 Å². The molecule has 1 unspecified atom stereocenters. The molecule has 1 aromatic carbocycles. The van der Waals surface area contributed by atoms with Gasteiger partial charge in [-0.1, -0.05) is 11.6 Å². The number of benzene rings is 1. The van der Waals surface area contributed by atoms with Crippen molar-refractivity contribution < 1.29 is 4.74 Å². The number of nitrogens with zero attached hydrogens (tertiary/aromatic N) is 2. The normalized spacial score (nSPS) is 21.1. The zero-order valence-electron chi connectivity index (χ0n) is 8.19. The average molecular weight is 223 g/mol. The molecule has 1 heterocycles. The van der Waals surface area contributed by atoms with Crippen LogP contribution >= 0.6 is 11.6 Å². The summed E-state index contributed by atoms with van der Waals surface area (Å²) in [7, 11) is 0. The van der Waals surface area contributed by atoms with Gasteiger partial charge < -0.3 is 9.64 Å². The standard InChI is InChI=1S/C11H11ClN2O/c12-9-1-3-10(4-2-9)14-5-6-15-8-11(14)7-13/h1-4,11H,5-6,8H2. The van der Waals surface area contributed by atoms with Gasteiger partial charge in [-0.3, -0.25) is 0 Å². The van der Waals surface area contributed by atoms with Crippen LogP contribution in [-0.4, -0.2) is 25.8 Å². The molecule has 1 aromatic rings. The van der Waals surface area contributed by atoms with Crippen LogP contribution in [0.2, 0.25) is 5.02 Å². The minimum atomic E-state index is -0.195. The summed E-state index contributed by atoms with van der Waals surface area (Å²) in [5.74, 6) is 0. The third-order valence-electron chi connectivity index (χ3n) is 2.44. The smallest absolute Gasteiger partial charge is 0.140 e. The molecule has 1 aliphatic rings. The number of halogens is 1. The molecule has 0 spiro atoms. The molecule has 0 aliphatic carbocycles. The molecule has 1 atom stereocenters. The van der Waals surface area contributed by atoms with Crippen molar-refractivity contribution in [2.75, 3.05) is 24.7 Å². The first-order valence-electron chi connectivity index (χ1n) is 4.81. The average Bonchev–Trinajstić information content (AvgIpc) is 2.30. The summed E-state index contributed by atoms with van der Waals surface area (Å²) in [5.41, 5.74) is 1.02. The summed E-state index contributed by atoms with van der Waals surface area (Å²) in [6, 6.07) is 9.57. The maximum atomic E-state index is 8.98. The third-order valence-corrected chi connectivity index (χ3v) is 2.69. The molecule has 78 valence electrons. The van der Waals surface area contributed by atoms with Crippen molar-refractivity contribution in [1.82, 2.24) is 0 Å². The van der Waals surface area contributed by atoms with Crippen LogP contribution in [0.4, 0.5) is 5.69 Å². The quantitative estimate of drug-likeness (QED) is 0.730. The lowest BCUT2D eigenvalue weighted by Crippen LogP contribution is -2.44. The molecule has 0 N–H and O–H groups in total. The predicted molar refractivity (Wildman–Crippen MR) is 59.0 cm³/mol. The molecule has 0 aromatic heterocycles. The summed E-state index contributed by atoms with van der Waals surface area (Å²) in [6.07, 6.45) is 0. The van der Waals surface area contributed by atoms with Crippen LogP contribution in [0.15, 0.2) is 24.3 Å². The lowest BCUT2D eigenvalue weighted by molar-refractivity contribution is 0.107. The van der Waals surface area contributed by atoms with Crippen molar-refractivity contribution in [3.8, 4) is 6.07 Å². The van der Waals surface area contributed by atoms with E-state index in [0.717, 1.165) is 12.2 Å². The highest BCUT2D eigenvalue weighted by atomic mass is 35.5. The number of rotatable bonds is 1. The molecule has 2 rings (SSSR count). The van der Waals surface area contributed by atoms with Crippen LogP contribution in [-0.2, 0) is 4.74 Å². The molecule has 0 radical (unpaired) electrons. The number of hydrogen-bond acceptors (Lipinski definition) is 3. The Bertz CT molecular complexity index is 371. The Morgan fingerprint density at radius 2 is 2.13 bits per heavy atom. The molecule has 1 saturated heterocycles. The van der Waals surface area contributed by atoms with Crippen molar-refractivity contribution in [2.24, 2.45) is 0 Å². The second-order valence-corrected chi connectivity index (χ2v) is 3.83. The highest BCUT2D eigenvalue weighted by Crippen LogP contribution is 2.21. The van der Waals surface area contributed by atoms with Crippen molar-refractivity contribution in [3.05, 3.63) is 29.3 Å². The van der Waals surface area contributed by atoms with Gasteiger partial charge in [-0.25, -0.2) is 0 Å². The Labute approximate surface area is 93.8 Å². The van der Waals surface area contributed by atoms with Crippen molar-refractivity contribution in [2.45, 2.75) is 6.04 Å². The largest absolute Gasteiger partial charge is 0.376 e. The molecule has 4 heteroatoms. The van der Waals surface area contributed by atoms with Crippen LogP contribution in [0.1, 0.15) is 0 Å². The second-order valence-electron chi connectivity index (χ2n) is 3.39. The van der Waals surface area contributed by atoms with Crippen molar-refractivity contribution in [1.29, 1.82) is 5.26 Å². The molecular weight excluding hydrogens is 212 g/mol. The summed E-state index contributed by atoms with van der Waals surface area (Å²) in [4.78, 5) is 2.04. The van der Waals surface area contributed by atoms with Crippen LogP contribution < -0.4 is 4.90 Å². The summed E-state index contributed by atoms with van der Waals surface area (Å²) < 4.78 is 5.26. The van der Waals surface area contributed by atoms with Gasteiger partial charge in [0, 0.05) is 17.3 Å². The topological polar surface area (TPSA) is 36.3 Å². The highest BCUT2D eigenvalue weighted by molar-refractivity contribution is 6.30. The molecule has 1 fully saturated rings. The SMILES string of the molecule is N#CC1COCCN1c1ccc(Cl)cc1. The van der Waals surface area contributed by atoms with Gasteiger partial charge in [0.15, 0.2) is 0 Å². The zero-order valence-corrected chi connectivity index (χ0v) is 8.94. The van der Waals surface area contributed by atoms with Gasteiger partial charge in [0.2, 0.25) is 0 Å². The predicted octanol–water partition coefficient (Wildman–Crippen LogP) is 2.07. The molecule has 15 heavy (non-hydrogen) atoms. The van der Waals surface area contributed by atoms with E-state index in [2.05, 4.69) is 6.07 Å². The van der Waals surface area contributed by atoms with E-state index in [-0.39, 0.29) is 6.04 Å². The summed E-state index contributed by atoms with van der Waals surface area (Å²) >= 11 is 5.81. The number of morpholine rings is 1. The molecule has 1 aliphatic heterocycles. The Morgan fingerprint density at radius 1 is 1.40 bits per heavy atom. The third kappa shape index (κ3) is 2.23. The minimum absolute atomic E-state index is 0.195. The first kappa shape index (κ1) is 10.3. The highest BCUT2D eigenvalue weighted by Gasteiger charge is 2.22. The first-order valence-corrected chi connectivity index (χ1v) is 5.18. The molecule has 0 bridgehead atoms. The fraction of sp³-hybridized carbons (Fsp3) is 0.364. The molecule has 0 amide bonds.